The number of amides is 1. The van der Waals surface area contributed by atoms with Gasteiger partial charge in [0.2, 0.25) is 5.91 Å². The van der Waals surface area contributed by atoms with Crippen LogP contribution in [-0.2, 0) is 14.3 Å². The zero-order valence-corrected chi connectivity index (χ0v) is 11.5. The Kier molecular flexibility index (Phi) is 2.24. The lowest BCUT2D eigenvalue weighted by molar-refractivity contribution is -0.321. The molecule has 2 saturated heterocycles. The molecular formula is C16H14NO4-. The summed E-state index contributed by atoms with van der Waals surface area (Å²) in [5.74, 6) is -2.17. The molecule has 0 unspecified atom stereocenters. The van der Waals surface area contributed by atoms with Gasteiger partial charge in [-0.25, -0.2) is 0 Å². The Balaban J connectivity index is 1.81. The summed E-state index contributed by atoms with van der Waals surface area (Å²) in [7, 11) is 0. The van der Waals surface area contributed by atoms with Gasteiger partial charge in [0.15, 0.2) is 0 Å². The van der Waals surface area contributed by atoms with Crippen molar-refractivity contribution in [3.05, 3.63) is 42.5 Å². The zero-order valence-electron chi connectivity index (χ0n) is 11.5. The quantitative estimate of drug-likeness (QED) is 0.723. The molecule has 1 amide bonds. The fraction of sp³-hybridized carbons (Fsp3) is 0.375. The average Bonchev–Trinajstić information content (AvgIpc) is 3.09. The molecule has 3 aliphatic heterocycles. The van der Waals surface area contributed by atoms with Crippen LogP contribution in [0.15, 0.2) is 42.5 Å². The topological polar surface area (TPSA) is 69.7 Å². The number of fused-ring (bicyclic) bond motifs is 1. The van der Waals surface area contributed by atoms with E-state index < -0.39 is 29.0 Å². The Morgan fingerprint density at radius 2 is 2.10 bits per heavy atom. The first-order valence-corrected chi connectivity index (χ1v) is 6.94. The molecule has 1 spiro atoms. The summed E-state index contributed by atoms with van der Waals surface area (Å²) in [5, 5.41) is 11.6. The normalized spacial score (nSPS) is 39.9. The monoisotopic (exact) mass is 284 g/mol. The fourth-order valence-electron chi connectivity index (χ4n) is 3.91. The number of anilines is 1. The second kappa shape index (κ2) is 3.74. The van der Waals surface area contributed by atoms with Crippen LogP contribution in [0.25, 0.3) is 0 Å². The number of carbonyl (C=O) groups is 2. The van der Waals surface area contributed by atoms with E-state index in [1.807, 2.05) is 36.4 Å². The van der Waals surface area contributed by atoms with Gasteiger partial charge in [-0.1, -0.05) is 37.3 Å². The predicted molar refractivity (Wildman–Crippen MR) is 72.1 cm³/mol. The van der Waals surface area contributed by atoms with E-state index in [9.17, 15) is 14.7 Å². The highest BCUT2D eigenvalue weighted by molar-refractivity contribution is 6.03. The highest BCUT2D eigenvalue weighted by atomic mass is 16.5. The molecule has 3 aliphatic rings. The van der Waals surface area contributed by atoms with E-state index in [1.54, 1.807) is 17.9 Å². The Hall–Kier alpha value is -2.14. The second-order valence-corrected chi connectivity index (χ2v) is 6.12. The van der Waals surface area contributed by atoms with Crippen molar-refractivity contribution < 1.29 is 19.4 Å². The minimum atomic E-state index is -1.31. The van der Waals surface area contributed by atoms with Crippen LogP contribution < -0.4 is 10.0 Å². The third-order valence-corrected chi connectivity index (χ3v) is 5.00. The third kappa shape index (κ3) is 1.34. The summed E-state index contributed by atoms with van der Waals surface area (Å²) in [6, 6.07) is 9.24. The van der Waals surface area contributed by atoms with Gasteiger partial charge >= 0.3 is 0 Å². The highest BCUT2D eigenvalue weighted by Gasteiger charge is 2.70. The molecule has 0 saturated carbocycles. The molecule has 4 rings (SSSR count). The van der Waals surface area contributed by atoms with Gasteiger partial charge in [0.05, 0.1) is 30.0 Å². The standard InChI is InChI=1S/C16H15NO4/c1-15(14(19)20)11-7-8-16(21-11)9-17(13(18)12(15)16)10-5-3-2-4-6-10/h2-8,11-12H,9H2,1H3,(H,19,20)/p-1/t11-,12+,15+,16+/m0/s1. The average molecular weight is 284 g/mol. The first kappa shape index (κ1) is 12.6. The molecule has 3 heterocycles. The molecule has 5 nitrogen and oxygen atoms in total. The maximum absolute atomic E-state index is 12.8. The lowest BCUT2D eigenvalue weighted by Gasteiger charge is -2.35. The number of hydrogen-bond donors (Lipinski definition) is 0. The van der Waals surface area contributed by atoms with E-state index in [1.165, 1.54) is 0 Å². The Morgan fingerprint density at radius 3 is 2.76 bits per heavy atom. The summed E-state index contributed by atoms with van der Waals surface area (Å²) in [6.45, 7) is 1.89. The summed E-state index contributed by atoms with van der Waals surface area (Å²) < 4.78 is 5.89. The Bertz CT molecular complexity index is 670. The van der Waals surface area contributed by atoms with Crippen LogP contribution >= 0.6 is 0 Å². The van der Waals surface area contributed by atoms with Crippen LogP contribution in [0.4, 0.5) is 5.69 Å². The number of carbonyl (C=O) groups excluding carboxylic acids is 2. The van der Waals surface area contributed by atoms with Crippen LogP contribution in [0.2, 0.25) is 0 Å². The van der Waals surface area contributed by atoms with Gasteiger partial charge in [0.1, 0.15) is 5.60 Å². The van der Waals surface area contributed by atoms with Crippen molar-refractivity contribution in [2.75, 3.05) is 11.4 Å². The van der Waals surface area contributed by atoms with Crippen molar-refractivity contribution in [2.45, 2.75) is 18.6 Å². The molecule has 108 valence electrons. The van der Waals surface area contributed by atoms with Gasteiger partial charge in [-0.15, -0.1) is 0 Å². The zero-order chi connectivity index (χ0) is 14.8. The molecule has 0 aliphatic carbocycles. The van der Waals surface area contributed by atoms with Gasteiger partial charge in [-0.3, -0.25) is 4.79 Å². The van der Waals surface area contributed by atoms with Gasteiger partial charge < -0.3 is 19.5 Å². The Morgan fingerprint density at radius 1 is 1.38 bits per heavy atom. The number of carboxylic acids is 1. The summed E-state index contributed by atoms with van der Waals surface area (Å²) >= 11 is 0. The number of para-hydroxylation sites is 1. The largest absolute Gasteiger partial charge is 0.549 e. The number of aliphatic carboxylic acids is 1. The van der Waals surface area contributed by atoms with Crippen molar-refractivity contribution >= 4 is 17.6 Å². The highest BCUT2D eigenvalue weighted by Crippen LogP contribution is 2.58. The first-order valence-electron chi connectivity index (χ1n) is 6.94. The van der Waals surface area contributed by atoms with Crippen LogP contribution in [-0.4, -0.2) is 30.1 Å². The minimum Gasteiger partial charge on any atom is -0.549 e. The smallest absolute Gasteiger partial charge is 0.234 e. The van der Waals surface area contributed by atoms with Crippen molar-refractivity contribution in [3.63, 3.8) is 0 Å². The first-order chi connectivity index (χ1) is 9.99. The van der Waals surface area contributed by atoms with Crippen molar-refractivity contribution in [1.29, 1.82) is 0 Å². The van der Waals surface area contributed by atoms with Crippen molar-refractivity contribution in [2.24, 2.45) is 11.3 Å². The van der Waals surface area contributed by atoms with E-state index >= 15 is 0 Å². The number of nitrogens with zero attached hydrogens (tertiary/aromatic N) is 1. The molecule has 2 fully saturated rings. The number of carboxylic acid groups (broad SMARTS) is 1. The molecule has 0 N–H and O–H groups in total. The van der Waals surface area contributed by atoms with E-state index in [2.05, 4.69) is 0 Å². The molecule has 5 heteroatoms. The van der Waals surface area contributed by atoms with Crippen LogP contribution in [0, 0.1) is 11.3 Å². The molecule has 2 bridgehead atoms. The summed E-state index contributed by atoms with van der Waals surface area (Å²) in [5.41, 5.74) is -1.39. The van der Waals surface area contributed by atoms with Gasteiger partial charge in [-0.2, -0.15) is 0 Å². The van der Waals surface area contributed by atoms with E-state index in [0.717, 1.165) is 5.69 Å². The number of ether oxygens (including phenoxy) is 1. The third-order valence-electron chi connectivity index (χ3n) is 5.00. The molecule has 21 heavy (non-hydrogen) atoms. The number of hydrogen-bond acceptors (Lipinski definition) is 4. The van der Waals surface area contributed by atoms with Crippen molar-refractivity contribution in [3.8, 4) is 0 Å². The van der Waals surface area contributed by atoms with Crippen molar-refractivity contribution in [1.82, 2.24) is 0 Å². The number of rotatable bonds is 2. The molecule has 0 radical (unpaired) electrons. The minimum absolute atomic E-state index is 0.209. The van der Waals surface area contributed by atoms with E-state index in [0.29, 0.717) is 6.54 Å². The van der Waals surface area contributed by atoms with E-state index in [4.69, 9.17) is 4.74 Å². The molecule has 0 aromatic heterocycles. The Labute approximate surface area is 121 Å². The van der Waals surface area contributed by atoms with Gasteiger partial charge in [0.25, 0.3) is 0 Å². The SMILES string of the molecule is C[C@@]1(C(=O)[O-])[C@@H]2C=C[C@]3(CN(c4ccccc4)C(=O)[C@H]13)O2. The van der Waals surface area contributed by atoms with Crippen LogP contribution in [0.5, 0.6) is 0 Å². The second-order valence-electron chi connectivity index (χ2n) is 6.12. The van der Waals surface area contributed by atoms with E-state index in [-0.39, 0.29) is 5.91 Å². The molecule has 1 aromatic rings. The maximum atomic E-state index is 12.8. The number of benzene rings is 1. The fourth-order valence-corrected chi connectivity index (χ4v) is 3.91. The summed E-state index contributed by atoms with van der Waals surface area (Å²) in [4.78, 5) is 26.1. The molecule has 1 aromatic carbocycles. The van der Waals surface area contributed by atoms with Crippen LogP contribution in [0.3, 0.4) is 0 Å². The molecule has 4 atom stereocenters. The summed E-state index contributed by atoms with van der Waals surface area (Å²) in [6.07, 6.45) is 3.00. The van der Waals surface area contributed by atoms with Gasteiger partial charge in [0, 0.05) is 5.69 Å². The lowest BCUT2D eigenvalue weighted by atomic mass is 9.66. The molecular weight excluding hydrogens is 270 g/mol. The van der Waals surface area contributed by atoms with Gasteiger partial charge in [-0.05, 0) is 12.1 Å². The maximum Gasteiger partial charge on any atom is 0.234 e. The predicted octanol–water partition coefficient (Wildman–Crippen LogP) is 0.113. The van der Waals surface area contributed by atoms with Crippen LogP contribution in [0.1, 0.15) is 6.92 Å². The lowest BCUT2D eigenvalue weighted by Crippen LogP contribution is -2.53.